The molecule has 0 amide bonds. The van der Waals surface area contributed by atoms with E-state index < -0.39 is 0 Å². The average Bonchev–Trinajstić information content (AvgIpc) is 2.41. The molecule has 1 rings (SSSR count). The van der Waals surface area contributed by atoms with Crippen molar-refractivity contribution in [1.29, 1.82) is 0 Å². The van der Waals surface area contributed by atoms with Crippen LogP contribution >= 0.6 is 0 Å². The van der Waals surface area contributed by atoms with Gasteiger partial charge in [0, 0.05) is 5.41 Å². The molecule has 0 atom stereocenters. The predicted molar refractivity (Wildman–Crippen MR) is 84.1 cm³/mol. The van der Waals surface area contributed by atoms with Gasteiger partial charge in [0.25, 0.3) is 0 Å². The van der Waals surface area contributed by atoms with Crippen LogP contribution in [0.15, 0.2) is 60.4 Å². The monoisotopic (exact) mass is 258 g/mol. The molecule has 1 fully saturated rings. The topological polar surface area (TPSA) is 20.2 Å². The van der Waals surface area contributed by atoms with E-state index in [0.717, 1.165) is 12.8 Å². The lowest BCUT2D eigenvalue weighted by molar-refractivity contribution is 0.300. The van der Waals surface area contributed by atoms with Crippen molar-refractivity contribution in [2.75, 3.05) is 0 Å². The van der Waals surface area contributed by atoms with Gasteiger partial charge >= 0.3 is 0 Å². The highest BCUT2D eigenvalue weighted by Crippen LogP contribution is 2.48. The second kappa shape index (κ2) is 7.18. The first kappa shape index (κ1) is 15.6. The molecule has 1 aliphatic carbocycles. The van der Waals surface area contributed by atoms with Crippen LogP contribution in [0.5, 0.6) is 0 Å². The molecule has 0 radical (unpaired) electrons. The van der Waals surface area contributed by atoms with Gasteiger partial charge in [-0.05, 0) is 43.9 Å². The van der Waals surface area contributed by atoms with Crippen LogP contribution in [0.2, 0.25) is 0 Å². The Balaban J connectivity index is 3.29. The molecule has 0 spiro atoms. The fraction of sp³-hybridized carbons (Fsp3) is 0.444. The molecule has 0 bridgehead atoms. The molecule has 104 valence electrons. The van der Waals surface area contributed by atoms with Crippen molar-refractivity contribution >= 4 is 0 Å². The smallest absolute Gasteiger partial charge is 0.0891 e. The van der Waals surface area contributed by atoms with Crippen LogP contribution in [-0.2, 0) is 0 Å². The maximum atomic E-state index is 9.38. The van der Waals surface area contributed by atoms with Crippen molar-refractivity contribution in [3.05, 3.63) is 60.4 Å². The highest BCUT2D eigenvalue weighted by Gasteiger charge is 2.36. The van der Waals surface area contributed by atoms with E-state index in [1.165, 1.54) is 30.4 Å². The molecule has 0 aromatic rings. The average molecular weight is 258 g/mol. The lowest BCUT2D eigenvalue weighted by atomic mass is 9.64. The van der Waals surface area contributed by atoms with E-state index in [2.05, 4.69) is 26.2 Å². The van der Waals surface area contributed by atoms with Gasteiger partial charge in [-0.15, -0.1) is 0 Å². The molecule has 0 aromatic heterocycles. The molecule has 1 saturated carbocycles. The summed E-state index contributed by atoms with van der Waals surface area (Å²) < 4.78 is 0. The molecular weight excluding hydrogens is 232 g/mol. The minimum atomic E-state index is 0.0302. The Hall–Kier alpha value is -1.50. The van der Waals surface area contributed by atoms with Crippen molar-refractivity contribution < 1.29 is 5.11 Å². The molecule has 1 N–H and O–H groups in total. The zero-order valence-corrected chi connectivity index (χ0v) is 12.3. The van der Waals surface area contributed by atoms with Crippen LogP contribution in [0, 0.1) is 5.41 Å². The number of allylic oxidation sites excluding steroid dienone is 8. The van der Waals surface area contributed by atoms with Crippen molar-refractivity contribution in [1.82, 2.24) is 0 Å². The fourth-order valence-electron chi connectivity index (χ4n) is 3.12. The molecule has 1 nitrogen and oxygen atoms in total. The van der Waals surface area contributed by atoms with Crippen LogP contribution in [0.25, 0.3) is 0 Å². The Labute approximate surface area is 117 Å². The van der Waals surface area contributed by atoms with Crippen LogP contribution in [0.3, 0.4) is 0 Å². The minimum Gasteiger partial charge on any atom is -0.513 e. The van der Waals surface area contributed by atoms with E-state index >= 15 is 0 Å². The van der Waals surface area contributed by atoms with E-state index in [-0.39, 0.29) is 5.41 Å². The molecule has 0 aliphatic heterocycles. The van der Waals surface area contributed by atoms with Crippen LogP contribution in [-0.4, -0.2) is 5.11 Å². The van der Waals surface area contributed by atoms with Gasteiger partial charge < -0.3 is 5.11 Å². The van der Waals surface area contributed by atoms with Gasteiger partial charge in [-0.25, -0.2) is 0 Å². The summed E-state index contributed by atoms with van der Waals surface area (Å²) in [5, 5.41) is 9.38. The molecule has 0 heterocycles. The summed E-state index contributed by atoms with van der Waals surface area (Å²) in [6.07, 6.45) is 15.8. The Morgan fingerprint density at radius 2 is 1.58 bits per heavy atom. The van der Waals surface area contributed by atoms with Gasteiger partial charge in [-0.2, -0.15) is 0 Å². The number of rotatable bonds is 5. The van der Waals surface area contributed by atoms with Gasteiger partial charge in [0.1, 0.15) is 0 Å². The number of hydrogen-bond donors (Lipinski definition) is 1. The van der Waals surface area contributed by atoms with Gasteiger partial charge in [0.05, 0.1) is 5.76 Å². The Kier molecular flexibility index (Phi) is 5.88. The third-order valence-electron chi connectivity index (χ3n) is 4.07. The van der Waals surface area contributed by atoms with Crippen LogP contribution in [0.4, 0.5) is 0 Å². The van der Waals surface area contributed by atoms with Crippen LogP contribution < -0.4 is 0 Å². The fourth-order valence-corrected chi connectivity index (χ4v) is 3.12. The first-order valence-electron chi connectivity index (χ1n) is 7.10. The number of aliphatic hydroxyl groups is 1. The van der Waals surface area contributed by atoms with Crippen molar-refractivity contribution in [2.45, 2.75) is 46.0 Å². The predicted octanol–water partition coefficient (Wildman–Crippen LogP) is 5.64. The summed E-state index contributed by atoms with van der Waals surface area (Å²) in [5.41, 5.74) is 2.50. The summed E-state index contributed by atoms with van der Waals surface area (Å²) in [6.45, 7) is 11.7. The third kappa shape index (κ3) is 3.50. The van der Waals surface area contributed by atoms with E-state index in [4.69, 9.17) is 0 Å². The quantitative estimate of drug-likeness (QED) is 0.499. The summed E-state index contributed by atoms with van der Waals surface area (Å²) in [6, 6.07) is 0. The molecule has 0 unspecified atom stereocenters. The van der Waals surface area contributed by atoms with Gasteiger partial charge in [0.15, 0.2) is 0 Å². The van der Waals surface area contributed by atoms with Crippen molar-refractivity contribution in [3.8, 4) is 0 Å². The lowest BCUT2D eigenvalue weighted by Crippen LogP contribution is -2.27. The molecule has 0 saturated heterocycles. The molecule has 1 heteroatoms. The van der Waals surface area contributed by atoms with E-state index in [0.29, 0.717) is 5.76 Å². The van der Waals surface area contributed by atoms with E-state index in [1.807, 2.05) is 18.2 Å². The molecule has 1 aliphatic rings. The lowest BCUT2D eigenvalue weighted by Gasteiger charge is -2.40. The minimum absolute atomic E-state index is 0.0302. The highest BCUT2D eigenvalue weighted by atomic mass is 16.3. The Bertz CT molecular complexity index is 411. The maximum Gasteiger partial charge on any atom is 0.0891 e. The summed E-state index contributed by atoms with van der Waals surface area (Å²) >= 11 is 0. The number of hydrogen-bond acceptors (Lipinski definition) is 1. The van der Waals surface area contributed by atoms with Crippen LogP contribution in [0.1, 0.15) is 46.0 Å². The first-order valence-corrected chi connectivity index (χ1v) is 7.10. The zero-order valence-electron chi connectivity index (χ0n) is 12.3. The summed E-state index contributed by atoms with van der Waals surface area (Å²) in [7, 11) is 0. The van der Waals surface area contributed by atoms with E-state index in [9.17, 15) is 5.11 Å². The second-order valence-electron chi connectivity index (χ2n) is 5.23. The Morgan fingerprint density at radius 1 is 1.00 bits per heavy atom. The van der Waals surface area contributed by atoms with Crippen molar-refractivity contribution in [2.24, 2.45) is 5.41 Å². The van der Waals surface area contributed by atoms with Crippen molar-refractivity contribution in [3.63, 3.8) is 0 Å². The highest BCUT2D eigenvalue weighted by molar-refractivity contribution is 5.42. The summed E-state index contributed by atoms with van der Waals surface area (Å²) in [5.74, 6) is 0.325. The third-order valence-corrected chi connectivity index (χ3v) is 4.07. The van der Waals surface area contributed by atoms with E-state index in [1.54, 1.807) is 13.0 Å². The van der Waals surface area contributed by atoms with Gasteiger partial charge in [-0.1, -0.05) is 56.7 Å². The first-order chi connectivity index (χ1) is 9.10. The van der Waals surface area contributed by atoms with Gasteiger partial charge in [-0.3, -0.25) is 0 Å². The number of aliphatic hydroxyl groups excluding tert-OH is 1. The molecule has 0 aromatic carbocycles. The maximum absolute atomic E-state index is 9.38. The largest absolute Gasteiger partial charge is 0.513 e. The van der Waals surface area contributed by atoms with Gasteiger partial charge in [0.2, 0.25) is 0 Å². The molecular formula is C18H26O. The second-order valence-corrected chi connectivity index (χ2v) is 5.23. The Morgan fingerprint density at radius 3 is 2.00 bits per heavy atom. The standard InChI is InChI=1S/C18H26O/c1-5-16(6-2)18(13-9-8-10-14-18)17(7-3)12-11-15(4)19/h5-7,11-12,19H,1,3,8-10,13-14H2,2,4H3/b15-11+,16-6+,17-12+. The summed E-state index contributed by atoms with van der Waals surface area (Å²) in [4.78, 5) is 0. The normalized spacial score (nSPS) is 21.1. The molecule has 19 heavy (non-hydrogen) atoms. The zero-order chi connectivity index (χ0) is 14.3. The SMILES string of the molecule is C=C/C(=C\C)C1(/C(C=C)=C/C=C(\C)O)CCCCC1.